The first kappa shape index (κ1) is 12.7. The summed E-state index contributed by atoms with van der Waals surface area (Å²) in [7, 11) is -3.37. The van der Waals surface area contributed by atoms with Crippen LogP contribution in [0.1, 0.15) is 27.7 Å². The average Bonchev–Trinajstić information content (AvgIpc) is 2.23. The van der Waals surface area contributed by atoms with Crippen molar-refractivity contribution in [3.63, 3.8) is 0 Å². The van der Waals surface area contributed by atoms with Crippen LogP contribution in [0.2, 0.25) is 0 Å². The topological polar surface area (TPSA) is 58.2 Å². The summed E-state index contributed by atoms with van der Waals surface area (Å²) in [6, 6.07) is -0.238. The maximum atomic E-state index is 11.6. The Balaban J connectivity index is 2.91. The average molecular weight is 232 g/mol. The molecule has 2 unspecified atom stereocenters. The zero-order valence-electron chi connectivity index (χ0n) is 9.69. The maximum Gasteiger partial charge on any atom is 0.278 e. The summed E-state index contributed by atoms with van der Waals surface area (Å²) < 4.78 is 28.5. The molecule has 0 spiro atoms. The summed E-state index contributed by atoms with van der Waals surface area (Å²) in [6.07, 6.45) is 3.87. The van der Waals surface area contributed by atoms with Crippen molar-refractivity contribution in [3.8, 4) is 0 Å². The second-order valence-corrected chi connectivity index (χ2v) is 6.14. The Morgan fingerprint density at radius 1 is 0.933 bits per heavy atom. The van der Waals surface area contributed by atoms with E-state index in [9.17, 15) is 8.42 Å². The minimum Gasteiger partial charge on any atom is -0.195 e. The number of nitrogens with one attached hydrogen (secondary N) is 2. The first-order valence-corrected chi connectivity index (χ1v) is 6.78. The molecule has 0 aromatic carbocycles. The van der Waals surface area contributed by atoms with Gasteiger partial charge >= 0.3 is 0 Å². The van der Waals surface area contributed by atoms with Crippen molar-refractivity contribution >= 4 is 10.2 Å². The van der Waals surface area contributed by atoms with E-state index in [4.69, 9.17) is 0 Å². The van der Waals surface area contributed by atoms with Crippen molar-refractivity contribution in [2.45, 2.75) is 39.8 Å². The van der Waals surface area contributed by atoms with Gasteiger partial charge in [-0.1, -0.05) is 39.8 Å². The van der Waals surface area contributed by atoms with E-state index in [1.807, 2.05) is 39.8 Å². The fourth-order valence-corrected chi connectivity index (χ4v) is 2.91. The minimum absolute atomic E-state index is 0.119. The Kier molecular flexibility index (Phi) is 3.92. The van der Waals surface area contributed by atoms with Crippen LogP contribution in [0.15, 0.2) is 12.2 Å². The molecule has 1 rings (SSSR count). The maximum absolute atomic E-state index is 11.6. The molecule has 0 aromatic rings. The molecule has 2 N–H and O–H groups in total. The summed E-state index contributed by atoms with van der Waals surface area (Å²) in [5.74, 6) is 0.507. The zero-order chi connectivity index (χ0) is 11.6. The van der Waals surface area contributed by atoms with Gasteiger partial charge in [0.05, 0.1) is 0 Å². The molecule has 1 aliphatic heterocycles. The van der Waals surface area contributed by atoms with Gasteiger partial charge in [0.15, 0.2) is 0 Å². The molecule has 15 heavy (non-hydrogen) atoms. The standard InChI is InChI=1S/C10H20N2O2S/c1-7(2)9-5-6-10(8(3)4)12-15(13,14)11-9/h5-12H,1-4H3. The normalized spacial score (nSPS) is 30.8. The molecule has 0 aliphatic carbocycles. The van der Waals surface area contributed by atoms with Gasteiger partial charge in [0.25, 0.3) is 10.2 Å². The van der Waals surface area contributed by atoms with Gasteiger partial charge in [0.2, 0.25) is 0 Å². The van der Waals surface area contributed by atoms with E-state index in [-0.39, 0.29) is 23.9 Å². The van der Waals surface area contributed by atoms with E-state index in [2.05, 4.69) is 9.44 Å². The molecule has 1 aliphatic rings. The van der Waals surface area contributed by atoms with Crippen LogP contribution in [0, 0.1) is 11.8 Å². The number of hydrogen-bond donors (Lipinski definition) is 2. The first-order valence-electron chi connectivity index (χ1n) is 5.29. The highest BCUT2D eigenvalue weighted by atomic mass is 32.2. The summed E-state index contributed by atoms with van der Waals surface area (Å²) in [5.41, 5.74) is 0. The van der Waals surface area contributed by atoms with Gasteiger partial charge in [-0.2, -0.15) is 17.9 Å². The van der Waals surface area contributed by atoms with Crippen molar-refractivity contribution in [2.24, 2.45) is 11.8 Å². The van der Waals surface area contributed by atoms with E-state index in [1.54, 1.807) is 0 Å². The fourth-order valence-electron chi connectivity index (χ4n) is 1.43. The molecule has 0 fully saturated rings. The summed E-state index contributed by atoms with van der Waals surface area (Å²) in [6.45, 7) is 7.97. The second kappa shape index (κ2) is 4.63. The van der Waals surface area contributed by atoms with Crippen molar-refractivity contribution < 1.29 is 8.42 Å². The molecule has 0 saturated carbocycles. The molecule has 1 heterocycles. The van der Waals surface area contributed by atoms with E-state index in [1.165, 1.54) is 0 Å². The van der Waals surface area contributed by atoms with Crippen molar-refractivity contribution in [1.29, 1.82) is 0 Å². The van der Waals surface area contributed by atoms with Gasteiger partial charge in [-0.3, -0.25) is 0 Å². The molecule has 0 amide bonds. The Labute approximate surface area is 92.3 Å². The minimum atomic E-state index is -3.37. The van der Waals surface area contributed by atoms with Gasteiger partial charge in [0.1, 0.15) is 0 Å². The Morgan fingerprint density at radius 2 is 1.27 bits per heavy atom. The summed E-state index contributed by atoms with van der Waals surface area (Å²) >= 11 is 0. The van der Waals surface area contributed by atoms with Gasteiger partial charge in [-0.25, -0.2) is 0 Å². The van der Waals surface area contributed by atoms with E-state index >= 15 is 0 Å². The Hall–Kier alpha value is -0.390. The van der Waals surface area contributed by atoms with Gasteiger partial charge in [-0.05, 0) is 11.8 Å². The molecule has 2 atom stereocenters. The SMILES string of the molecule is CC(C)C1C=CC(C(C)C)NS(=O)(=O)N1. The fraction of sp³-hybridized carbons (Fsp3) is 0.800. The van der Waals surface area contributed by atoms with E-state index in [0.29, 0.717) is 0 Å². The third kappa shape index (κ3) is 3.59. The molecular weight excluding hydrogens is 212 g/mol. The molecule has 0 bridgehead atoms. The zero-order valence-corrected chi connectivity index (χ0v) is 10.5. The molecule has 0 radical (unpaired) electrons. The van der Waals surface area contributed by atoms with Crippen LogP contribution in [0.3, 0.4) is 0 Å². The lowest BCUT2D eigenvalue weighted by Crippen LogP contribution is -2.45. The van der Waals surface area contributed by atoms with Crippen molar-refractivity contribution in [2.75, 3.05) is 0 Å². The van der Waals surface area contributed by atoms with Crippen LogP contribution in [0.4, 0.5) is 0 Å². The molecule has 5 heteroatoms. The molecule has 0 saturated heterocycles. The number of hydrogen-bond acceptors (Lipinski definition) is 2. The first-order chi connectivity index (χ1) is 6.82. The third-order valence-electron chi connectivity index (χ3n) is 2.54. The Morgan fingerprint density at radius 3 is 1.53 bits per heavy atom. The highest BCUT2D eigenvalue weighted by Crippen LogP contribution is 2.12. The van der Waals surface area contributed by atoms with Crippen molar-refractivity contribution in [1.82, 2.24) is 9.44 Å². The smallest absolute Gasteiger partial charge is 0.195 e. The number of rotatable bonds is 2. The third-order valence-corrected chi connectivity index (χ3v) is 3.71. The van der Waals surface area contributed by atoms with Gasteiger partial charge < -0.3 is 0 Å². The molecule has 0 aromatic heterocycles. The highest BCUT2D eigenvalue weighted by Gasteiger charge is 2.25. The second-order valence-electron chi connectivity index (χ2n) is 4.66. The lowest BCUT2D eigenvalue weighted by Gasteiger charge is -2.18. The largest absolute Gasteiger partial charge is 0.278 e. The molecular formula is C10H20N2O2S. The van der Waals surface area contributed by atoms with Crippen LogP contribution in [0.25, 0.3) is 0 Å². The van der Waals surface area contributed by atoms with Crippen LogP contribution in [0.5, 0.6) is 0 Å². The predicted molar refractivity (Wildman–Crippen MR) is 61.6 cm³/mol. The van der Waals surface area contributed by atoms with Crippen LogP contribution in [-0.4, -0.2) is 20.5 Å². The predicted octanol–water partition coefficient (Wildman–Crippen LogP) is 1.03. The molecule has 88 valence electrons. The van der Waals surface area contributed by atoms with Crippen LogP contribution in [-0.2, 0) is 10.2 Å². The lowest BCUT2D eigenvalue weighted by atomic mass is 10.0. The van der Waals surface area contributed by atoms with Crippen molar-refractivity contribution in [3.05, 3.63) is 12.2 Å². The lowest BCUT2D eigenvalue weighted by molar-refractivity contribution is 0.492. The highest BCUT2D eigenvalue weighted by molar-refractivity contribution is 7.87. The van der Waals surface area contributed by atoms with Gasteiger partial charge in [-0.15, -0.1) is 0 Å². The molecule has 4 nitrogen and oxygen atoms in total. The monoisotopic (exact) mass is 232 g/mol. The van der Waals surface area contributed by atoms with Crippen LogP contribution < -0.4 is 9.44 Å². The Bertz CT molecular complexity index is 307. The van der Waals surface area contributed by atoms with E-state index < -0.39 is 10.2 Å². The van der Waals surface area contributed by atoms with Crippen LogP contribution >= 0.6 is 0 Å². The quantitative estimate of drug-likeness (QED) is 0.699. The van der Waals surface area contributed by atoms with Gasteiger partial charge in [0, 0.05) is 12.1 Å². The summed E-state index contributed by atoms with van der Waals surface area (Å²) in [5, 5.41) is 0. The summed E-state index contributed by atoms with van der Waals surface area (Å²) in [4.78, 5) is 0. The van der Waals surface area contributed by atoms with E-state index in [0.717, 1.165) is 0 Å².